The molecule has 0 saturated heterocycles. The molecule has 0 saturated carbocycles. The molecule has 0 fully saturated rings. The van der Waals surface area contributed by atoms with Crippen molar-refractivity contribution in [2.24, 2.45) is 0 Å². The van der Waals surface area contributed by atoms with Crippen molar-refractivity contribution in [3.05, 3.63) is 182 Å². The van der Waals surface area contributed by atoms with Crippen LogP contribution in [0.15, 0.2) is 182 Å². The van der Waals surface area contributed by atoms with E-state index in [2.05, 4.69) is 182 Å². The minimum atomic E-state index is -6.09. The Balaban J connectivity index is 0.000000206. The molecule has 0 aliphatic rings. The molecule has 0 atom stereocenters. The summed E-state index contributed by atoms with van der Waals surface area (Å²) in [6.45, 7) is 0. The number of halogens is 3. The van der Waals surface area contributed by atoms with E-state index in [1.54, 1.807) is 0 Å². The van der Waals surface area contributed by atoms with Crippen molar-refractivity contribution in [2.75, 3.05) is 0 Å². The summed E-state index contributed by atoms with van der Waals surface area (Å²) in [5, 5.41) is 8.61. The van der Waals surface area contributed by atoms with Gasteiger partial charge >= 0.3 is 22.6 Å². The SMILES string of the molecule is O=S(=O)([O-])C(F)(F)F.[Cu+].c1ccc([PH+](c2ccccc2)c2ccccc2)cc1.c1ccc([PH+](c2ccccc2)c2ccccc2)cc1. The van der Waals surface area contributed by atoms with Gasteiger partial charge in [-0.25, -0.2) is 8.42 Å². The Morgan fingerprint density at radius 3 is 0.617 bits per heavy atom. The van der Waals surface area contributed by atoms with Crippen molar-refractivity contribution in [1.82, 2.24) is 0 Å². The molecule has 0 amide bonds. The van der Waals surface area contributed by atoms with E-state index >= 15 is 0 Å². The quantitative estimate of drug-likeness (QED) is 0.0861. The van der Waals surface area contributed by atoms with Crippen LogP contribution in [0.3, 0.4) is 0 Å². The second-order valence-corrected chi connectivity index (χ2v) is 16.2. The Hall–Kier alpha value is -3.60. The van der Waals surface area contributed by atoms with E-state index < -0.39 is 31.5 Å². The van der Waals surface area contributed by atoms with Crippen molar-refractivity contribution >= 4 is 57.8 Å². The van der Waals surface area contributed by atoms with E-state index in [4.69, 9.17) is 13.0 Å². The van der Waals surface area contributed by atoms with Gasteiger partial charge in [-0.3, -0.25) is 0 Å². The van der Waals surface area contributed by atoms with Gasteiger partial charge < -0.3 is 4.55 Å². The van der Waals surface area contributed by atoms with Crippen molar-refractivity contribution in [3.8, 4) is 0 Å². The molecular formula is C37H32CuF3O3P2S+2. The second kappa shape index (κ2) is 18.7. The number of alkyl halides is 3. The predicted molar refractivity (Wildman–Crippen MR) is 189 cm³/mol. The first-order chi connectivity index (χ1) is 22.1. The molecule has 0 radical (unpaired) electrons. The average molecular weight is 739 g/mol. The molecule has 0 unspecified atom stereocenters. The Labute approximate surface area is 287 Å². The first-order valence-corrected chi connectivity index (χ1v) is 18.6. The van der Waals surface area contributed by atoms with Crippen LogP contribution in [0.5, 0.6) is 0 Å². The number of rotatable bonds is 6. The zero-order valence-corrected chi connectivity index (χ0v) is 28.6. The van der Waals surface area contributed by atoms with Crippen molar-refractivity contribution in [2.45, 2.75) is 5.51 Å². The molecule has 0 aromatic heterocycles. The summed E-state index contributed by atoms with van der Waals surface area (Å²) in [5.74, 6) is 0. The average Bonchev–Trinajstić information content (AvgIpc) is 3.08. The molecule has 10 heteroatoms. The fraction of sp³-hybridized carbons (Fsp3) is 0.0270. The zero-order chi connectivity index (χ0) is 32.8. The van der Waals surface area contributed by atoms with Gasteiger partial charge in [0.15, 0.2) is 10.1 Å². The topological polar surface area (TPSA) is 57.2 Å². The summed E-state index contributed by atoms with van der Waals surface area (Å²) >= 11 is 0. The fourth-order valence-corrected chi connectivity index (χ4v) is 9.78. The van der Waals surface area contributed by atoms with Crippen LogP contribution in [0, 0.1) is 0 Å². The first kappa shape index (κ1) is 37.9. The van der Waals surface area contributed by atoms with Crippen LogP contribution in [-0.4, -0.2) is 18.5 Å². The number of hydrogen-bond acceptors (Lipinski definition) is 3. The smallest absolute Gasteiger partial charge is 0.741 e. The van der Waals surface area contributed by atoms with Crippen LogP contribution in [-0.2, 0) is 27.2 Å². The molecule has 0 aliphatic carbocycles. The standard InChI is InChI=1S/2C18H15P.CHF3O3S.Cu/c2*1-4-10-16(11-5-1)19(17-12-6-2-7-13-17)18-14-8-3-9-15-18;2-1(3,4)8(5,6)7;/h2*1-15H;(H,5,6,7);/q;;;+1/p+1. The minimum absolute atomic E-state index is 0. The first-order valence-electron chi connectivity index (χ1n) is 14.2. The molecule has 244 valence electrons. The second-order valence-electron chi connectivity index (χ2n) is 9.85. The Bertz CT molecular complexity index is 1530. The summed E-state index contributed by atoms with van der Waals surface area (Å²) in [6, 6.07) is 65.0. The summed E-state index contributed by atoms with van der Waals surface area (Å²) in [4.78, 5) is 0. The summed E-state index contributed by atoms with van der Waals surface area (Å²) < 4.78 is 58.9. The molecule has 0 N–H and O–H groups in total. The minimum Gasteiger partial charge on any atom is -0.741 e. The molecular weight excluding hydrogens is 707 g/mol. The molecule has 0 aliphatic heterocycles. The van der Waals surface area contributed by atoms with Crippen LogP contribution in [0.1, 0.15) is 0 Å². The monoisotopic (exact) mass is 738 g/mol. The van der Waals surface area contributed by atoms with Gasteiger partial charge in [0.25, 0.3) is 0 Å². The van der Waals surface area contributed by atoms with Gasteiger partial charge in [-0.1, -0.05) is 109 Å². The third kappa shape index (κ3) is 11.6. The molecule has 6 rings (SSSR count). The molecule has 0 bridgehead atoms. The van der Waals surface area contributed by atoms with Gasteiger partial charge in [0.1, 0.15) is 31.8 Å². The van der Waals surface area contributed by atoms with E-state index in [1.165, 1.54) is 31.8 Å². The molecule has 3 nitrogen and oxygen atoms in total. The third-order valence-corrected chi connectivity index (χ3v) is 12.7. The van der Waals surface area contributed by atoms with E-state index in [0.29, 0.717) is 0 Å². The van der Waals surface area contributed by atoms with Gasteiger partial charge in [0.05, 0.1) is 15.8 Å². The zero-order valence-electron chi connectivity index (χ0n) is 24.9. The van der Waals surface area contributed by atoms with E-state index in [9.17, 15) is 13.2 Å². The normalized spacial score (nSPS) is 10.9. The number of benzene rings is 6. The Morgan fingerprint density at radius 1 is 0.383 bits per heavy atom. The van der Waals surface area contributed by atoms with Crippen LogP contribution in [0.25, 0.3) is 0 Å². The van der Waals surface area contributed by atoms with Crippen LogP contribution in [0.4, 0.5) is 13.2 Å². The predicted octanol–water partition coefficient (Wildman–Crippen LogP) is 6.40. The van der Waals surface area contributed by atoms with Gasteiger partial charge in [0.2, 0.25) is 0 Å². The Kier molecular flexibility index (Phi) is 15.0. The summed E-state index contributed by atoms with van der Waals surface area (Å²) in [7, 11) is -7.84. The maximum Gasteiger partial charge on any atom is 1.00 e. The largest absolute Gasteiger partial charge is 1.00 e. The van der Waals surface area contributed by atoms with Gasteiger partial charge in [-0.2, -0.15) is 13.2 Å². The van der Waals surface area contributed by atoms with E-state index in [0.717, 1.165) is 0 Å². The van der Waals surface area contributed by atoms with Crippen LogP contribution < -0.4 is 31.8 Å². The molecule has 0 spiro atoms. The number of hydrogen-bond donors (Lipinski definition) is 0. The summed E-state index contributed by atoms with van der Waals surface area (Å²) in [5.41, 5.74) is -5.65. The molecule has 47 heavy (non-hydrogen) atoms. The van der Waals surface area contributed by atoms with Crippen LogP contribution >= 0.6 is 15.8 Å². The summed E-state index contributed by atoms with van der Waals surface area (Å²) in [6.07, 6.45) is 0. The van der Waals surface area contributed by atoms with Gasteiger partial charge in [-0.05, 0) is 72.8 Å². The maximum atomic E-state index is 10.7. The third-order valence-electron chi connectivity index (χ3n) is 6.66. The van der Waals surface area contributed by atoms with Crippen LogP contribution in [0.2, 0.25) is 0 Å². The van der Waals surface area contributed by atoms with Crippen molar-refractivity contribution < 1.29 is 43.2 Å². The molecule has 0 heterocycles. The van der Waals surface area contributed by atoms with Crippen molar-refractivity contribution in [3.63, 3.8) is 0 Å². The van der Waals surface area contributed by atoms with Crippen molar-refractivity contribution in [1.29, 1.82) is 0 Å². The Morgan fingerprint density at radius 2 is 0.511 bits per heavy atom. The van der Waals surface area contributed by atoms with Gasteiger partial charge in [-0.15, -0.1) is 0 Å². The van der Waals surface area contributed by atoms with E-state index in [-0.39, 0.29) is 17.1 Å². The fourth-order valence-electron chi connectivity index (χ4n) is 4.63. The van der Waals surface area contributed by atoms with Gasteiger partial charge in [0, 0.05) is 0 Å². The molecule has 6 aromatic carbocycles. The van der Waals surface area contributed by atoms with E-state index in [1.807, 2.05) is 0 Å². The maximum absolute atomic E-state index is 10.7. The molecule has 6 aromatic rings.